The number of amides is 2. The number of methoxy groups -OCH3 is 1. The summed E-state index contributed by atoms with van der Waals surface area (Å²) in [5.41, 5.74) is 1.89. The normalized spacial score (nSPS) is 20.2. The highest BCUT2D eigenvalue weighted by Crippen LogP contribution is 2.41. The maximum Gasteiger partial charge on any atom is 0.228 e. The highest BCUT2D eigenvalue weighted by atomic mass is 19.1. The average Bonchev–Trinajstić information content (AvgIpc) is 2.93. The highest BCUT2D eigenvalue weighted by Gasteiger charge is 2.43. The summed E-state index contributed by atoms with van der Waals surface area (Å²) >= 11 is 0. The van der Waals surface area contributed by atoms with Gasteiger partial charge in [0.25, 0.3) is 0 Å². The molecule has 2 amide bonds. The van der Waals surface area contributed by atoms with Gasteiger partial charge < -0.3 is 19.4 Å². The second-order valence-electron chi connectivity index (χ2n) is 9.37. The molecule has 192 valence electrons. The van der Waals surface area contributed by atoms with Crippen LogP contribution in [-0.4, -0.2) is 50.0 Å². The van der Waals surface area contributed by atoms with Gasteiger partial charge in [0.2, 0.25) is 11.8 Å². The van der Waals surface area contributed by atoms with Crippen LogP contribution in [0.5, 0.6) is 5.75 Å². The molecule has 2 saturated heterocycles. The zero-order valence-corrected chi connectivity index (χ0v) is 20.6. The maximum absolute atomic E-state index is 14.3. The van der Waals surface area contributed by atoms with Gasteiger partial charge in [0.1, 0.15) is 17.4 Å². The number of halogens is 2. The van der Waals surface area contributed by atoms with Crippen LogP contribution in [0.4, 0.5) is 20.2 Å². The quantitative estimate of drug-likeness (QED) is 0.500. The van der Waals surface area contributed by atoms with Crippen molar-refractivity contribution in [3.63, 3.8) is 0 Å². The van der Waals surface area contributed by atoms with Crippen molar-refractivity contribution in [1.29, 1.82) is 0 Å². The predicted octanol–water partition coefficient (Wildman–Crippen LogP) is 4.81. The van der Waals surface area contributed by atoms with Crippen molar-refractivity contribution < 1.29 is 23.1 Å². The van der Waals surface area contributed by atoms with Crippen LogP contribution in [0.3, 0.4) is 0 Å². The van der Waals surface area contributed by atoms with Gasteiger partial charge in [-0.15, -0.1) is 0 Å². The SMILES string of the molecule is COc1ccc(N2C(=O)CC[C@H](C(=O)N3CCN(c4ccccc4F)CC3)[C@@H]2c2ccc(F)cc2)cc1. The first-order valence-corrected chi connectivity index (χ1v) is 12.5. The average molecular weight is 506 g/mol. The summed E-state index contributed by atoms with van der Waals surface area (Å²) in [6, 6.07) is 19.2. The third kappa shape index (κ3) is 5.01. The number of ether oxygens (including phenoxy) is 1. The van der Waals surface area contributed by atoms with E-state index in [9.17, 15) is 18.4 Å². The summed E-state index contributed by atoms with van der Waals surface area (Å²) in [7, 11) is 1.57. The maximum atomic E-state index is 14.3. The Morgan fingerprint density at radius 2 is 1.57 bits per heavy atom. The van der Waals surface area contributed by atoms with E-state index in [0.717, 1.165) is 0 Å². The summed E-state index contributed by atoms with van der Waals surface area (Å²) in [6.45, 7) is 1.94. The number of anilines is 2. The fourth-order valence-corrected chi connectivity index (χ4v) is 5.35. The molecule has 5 rings (SSSR count). The number of para-hydroxylation sites is 1. The number of carbonyl (C=O) groups is 2. The Morgan fingerprint density at radius 3 is 2.22 bits per heavy atom. The Kier molecular flexibility index (Phi) is 7.08. The topological polar surface area (TPSA) is 53.1 Å². The number of hydrogen-bond donors (Lipinski definition) is 0. The molecule has 2 aliphatic rings. The van der Waals surface area contributed by atoms with Crippen LogP contribution in [0, 0.1) is 17.6 Å². The van der Waals surface area contributed by atoms with Gasteiger partial charge in [0.05, 0.1) is 24.8 Å². The van der Waals surface area contributed by atoms with Gasteiger partial charge in [-0.1, -0.05) is 24.3 Å². The molecule has 0 saturated carbocycles. The van der Waals surface area contributed by atoms with Gasteiger partial charge in [0.15, 0.2) is 0 Å². The van der Waals surface area contributed by atoms with Gasteiger partial charge in [-0.05, 0) is 60.5 Å². The van der Waals surface area contributed by atoms with E-state index in [-0.39, 0.29) is 29.9 Å². The molecule has 37 heavy (non-hydrogen) atoms. The second kappa shape index (κ2) is 10.6. The Hall–Kier alpha value is -3.94. The van der Waals surface area contributed by atoms with Crippen molar-refractivity contribution in [2.24, 2.45) is 5.92 Å². The monoisotopic (exact) mass is 505 g/mol. The summed E-state index contributed by atoms with van der Waals surface area (Å²) in [6.07, 6.45) is 0.634. The highest BCUT2D eigenvalue weighted by molar-refractivity contribution is 5.97. The van der Waals surface area contributed by atoms with Crippen molar-refractivity contribution in [3.8, 4) is 5.75 Å². The van der Waals surface area contributed by atoms with E-state index in [4.69, 9.17) is 4.74 Å². The first kappa shape index (κ1) is 24.7. The van der Waals surface area contributed by atoms with Gasteiger partial charge in [0, 0.05) is 38.3 Å². The molecule has 2 heterocycles. The lowest BCUT2D eigenvalue weighted by atomic mass is 9.82. The summed E-state index contributed by atoms with van der Waals surface area (Å²) < 4.78 is 33.3. The van der Waals surface area contributed by atoms with E-state index in [2.05, 4.69) is 0 Å². The molecule has 3 aromatic carbocycles. The molecule has 6 nitrogen and oxygen atoms in total. The molecule has 0 aromatic heterocycles. The van der Waals surface area contributed by atoms with E-state index >= 15 is 0 Å². The number of rotatable bonds is 5. The van der Waals surface area contributed by atoms with E-state index in [1.807, 2.05) is 4.90 Å². The molecule has 0 radical (unpaired) electrons. The number of piperidine rings is 1. The van der Waals surface area contributed by atoms with Crippen LogP contribution in [0.2, 0.25) is 0 Å². The fraction of sp³-hybridized carbons (Fsp3) is 0.310. The molecular formula is C29H29F2N3O3. The van der Waals surface area contributed by atoms with Crippen LogP contribution >= 0.6 is 0 Å². The first-order chi connectivity index (χ1) is 18.0. The molecule has 0 unspecified atom stereocenters. The third-order valence-corrected chi connectivity index (χ3v) is 7.26. The van der Waals surface area contributed by atoms with E-state index in [1.165, 1.54) is 18.2 Å². The van der Waals surface area contributed by atoms with Crippen LogP contribution in [-0.2, 0) is 9.59 Å². The van der Waals surface area contributed by atoms with Gasteiger partial charge in [-0.25, -0.2) is 8.78 Å². The van der Waals surface area contributed by atoms with Gasteiger partial charge >= 0.3 is 0 Å². The van der Waals surface area contributed by atoms with Crippen molar-refractivity contribution >= 4 is 23.2 Å². The number of carbonyl (C=O) groups excluding carboxylic acids is 2. The molecular weight excluding hydrogens is 476 g/mol. The lowest BCUT2D eigenvalue weighted by Crippen LogP contribution is -2.54. The summed E-state index contributed by atoms with van der Waals surface area (Å²) in [5, 5.41) is 0. The second-order valence-corrected chi connectivity index (χ2v) is 9.37. The Morgan fingerprint density at radius 1 is 0.892 bits per heavy atom. The van der Waals surface area contributed by atoms with Crippen LogP contribution < -0.4 is 14.5 Å². The van der Waals surface area contributed by atoms with E-state index < -0.39 is 12.0 Å². The smallest absolute Gasteiger partial charge is 0.228 e. The van der Waals surface area contributed by atoms with Crippen molar-refractivity contribution in [1.82, 2.24) is 4.90 Å². The molecule has 0 bridgehead atoms. The zero-order valence-electron chi connectivity index (χ0n) is 20.6. The molecule has 8 heteroatoms. The molecule has 2 fully saturated rings. The summed E-state index contributed by atoms with van der Waals surface area (Å²) in [4.78, 5) is 32.5. The number of hydrogen-bond acceptors (Lipinski definition) is 4. The minimum Gasteiger partial charge on any atom is -0.497 e. The Balaban J connectivity index is 1.42. The Bertz CT molecular complexity index is 1260. The van der Waals surface area contributed by atoms with Crippen molar-refractivity contribution in [3.05, 3.63) is 90.0 Å². The standard InChI is InChI=1S/C29H29F2N3O3/c1-37-23-12-10-22(11-13-23)34-27(35)15-14-24(28(34)20-6-8-21(30)9-7-20)29(36)33-18-16-32(17-19-33)26-5-3-2-4-25(26)31/h2-13,24,28H,14-19H2,1H3/t24-,28-/m0/s1. The molecule has 0 spiro atoms. The van der Waals surface area contributed by atoms with Gasteiger partial charge in [-0.2, -0.15) is 0 Å². The van der Waals surface area contributed by atoms with Gasteiger partial charge in [-0.3, -0.25) is 9.59 Å². The van der Waals surface area contributed by atoms with Crippen LogP contribution in [0.15, 0.2) is 72.8 Å². The fourth-order valence-electron chi connectivity index (χ4n) is 5.35. The number of nitrogens with zero attached hydrogens (tertiary/aromatic N) is 3. The lowest BCUT2D eigenvalue weighted by Gasteiger charge is -2.44. The number of benzene rings is 3. The van der Waals surface area contributed by atoms with E-state index in [1.54, 1.807) is 71.5 Å². The lowest BCUT2D eigenvalue weighted by molar-refractivity contribution is -0.138. The molecule has 0 aliphatic carbocycles. The number of piperazine rings is 1. The third-order valence-electron chi connectivity index (χ3n) is 7.26. The minimum atomic E-state index is -0.577. The predicted molar refractivity (Wildman–Crippen MR) is 138 cm³/mol. The molecule has 0 N–H and O–H groups in total. The van der Waals surface area contributed by atoms with Crippen LogP contribution in [0.1, 0.15) is 24.4 Å². The molecule has 3 aromatic rings. The Labute approximate surface area is 215 Å². The largest absolute Gasteiger partial charge is 0.497 e. The van der Waals surface area contributed by atoms with Crippen molar-refractivity contribution in [2.45, 2.75) is 18.9 Å². The first-order valence-electron chi connectivity index (χ1n) is 12.5. The molecule has 2 atom stereocenters. The van der Waals surface area contributed by atoms with Crippen molar-refractivity contribution in [2.75, 3.05) is 43.1 Å². The summed E-state index contributed by atoms with van der Waals surface area (Å²) in [5.74, 6) is -0.632. The van der Waals surface area contributed by atoms with Crippen LogP contribution in [0.25, 0.3) is 0 Å². The van der Waals surface area contributed by atoms with E-state index in [0.29, 0.717) is 55.3 Å². The molecule has 2 aliphatic heterocycles. The minimum absolute atomic E-state index is 0.0477. The zero-order chi connectivity index (χ0) is 25.9.